The molecule has 0 spiro atoms. The van der Waals surface area contributed by atoms with Gasteiger partial charge in [-0.1, -0.05) is 42.5 Å². The molecule has 0 bridgehead atoms. The average molecular weight is 1160 g/mol. The van der Waals surface area contributed by atoms with Crippen LogP contribution in [0.1, 0.15) is 162 Å². The van der Waals surface area contributed by atoms with E-state index in [0.717, 1.165) is 6.92 Å². The fourth-order valence-corrected chi connectivity index (χ4v) is 12.1. The lowest BCUT2D eigenvalue weighted by atomic mass is 9.71. The number of methoxy groups -OCH3 is 1. The first-order valence-electron chi connectivity index (χ1n) is 27.0. The molecule has 0 radical (unpaired) electrons. The van der Waals surface area contributed by atoms with Crippen LogP contribution in [0.15, 0.2) is 71.8 Å². The van der Waals surface area contributed by atoms with Crippen molar-refractivity contribution in [3.8, 4) is 34.5 Å². The maximum atomic E-state index is 13.9. The van der Waals surface area contributed by atoms with Crippen molar-refractivity contribution in [3.05, 3.63) is 139 Å². The average Bonchev–Trinajstić information content (AvgIpc) is 0.759. The molecule has 1 amide bonds. The Morgan fingerprint density at radius 3 is 1.55 bits per heavy atom. The number of hydrogen-bond acceptors (Lipinski definition) is 23. The third-order valence-corrected chi connectivity index (χ3v) is 16.8. The molecule has 12 atom stereocenters. The number of phenolic OH excluding ortho intramolecular Hbond substituents is 5. The smallest absolute Gasteiger partial charge is 0.271 e. The Labute approximate surface area is 478 Å². The van der Waals surface area contributed by atoms with Crippen LogP contribution >= 0.6 is 0 Å². The minimum Gasteiger partial charge on any atom is -0.507 e. The lowest BCUT2D eigenvalue weighted by Crippen LogP contribution is -2.52. The number of aliphatic hydroxyl groups is 4. The first-order chi connectivity index (χ1) is 39.7. The van der Waals surface area contributed by atoms with Gasteiger partial charge in [0.05, 0.1) is 82.8 Å². The monoisotopic (exact) mass is 1160 g/mol. The van der Waals surface area contributed by atoms with Gasteiger partial charge in [0.25, 0.3) is 5.91 Å². The number of amides is 1. The number of benzene rings is 5. The Kier molecular flexibility index (Phi) is 15.6. The Bertz CT molecular complexity index is 3600. The van der Waals surface area contributed by atoms with Gasteiger partial charge in [-0.15, -0.1) is 0 Å². The van der Waals surface area contributed by atoms with E-state index in [9.17, 15) is 74.7 Å². The number of hydrazone groups is 1. The molecule has 4 aliphatic carbocycles. The maximum Gasteiger partial charge on any atom is 0.271 e. The van der Waals surface area contributed by atoms with Crippen molar-refractivity contribution in [1.82, 2.24) is 5.43 Å². The molecule has 0 unspecified atom stereocenters. The minimum absolute atomic E-state index is 0.0196. The van der Waals surface area contributed by atoms with Crippen LogP contribution in [0.5, 0.6) is 34.5 Å². The molecule has 2 heterocycles. The number of fused-ring (bicyclic) bond motifs is 6. The summed E-state index contributed by atoms with van der Waals surface area (Å²) in [6.07, 6.45) is -9.19. The van der Waals surface area contributed by atoms with Crippen LogP contribution in [0, 0.1) is 0 Å². The fourth-order valence-electron chi connectivity index (χ4n) is 12.1. The molecule has 0 saturated carbocycles. The molecule has 2 fully saturated rings. The number of carbonyl (C=O) groups excluding carboxylic acids is 6. The van der Waals surface area contributed by atoms with E-state index in [1.165, 1.54) is 50.4 Å². The highest BCUT2D eigenvalue weighted by atomic mass is 16.7. The summed E-state index contributed by atoms with van der Waals surface area (Å²) in [4.78, 5) is 79.5. The summed E-state index contributed by atoms with van der Waals surface area (Å²) in [7, 11) is 1.34. The SMILES string of the molecule is CC(=O)[C@]1(O)Cc2c(O)c3c(c(O)c2[C@@H](O[C@H]2C[C@H](N)[C@H](O)[C@H](C)O2)C1)C(=O)c1c(O)cccc1C3=O.COc1cccc2c1C(=O)c1c(O)c3c(c(O)c1C2=O)C[C@@](O)(/C(C)=N/NC(=O)c1ccccc1)C[C@@H]3O[C@H]1C[C@H](N)[C@H](O)[C@H](C)O1. The van der Waals surface area contributed by atoms with E-state index in [2.05, 4.69) is 10.5 Å². The Morgan fingerprint density at radius 2 is 1.06 bits per heavy atom. The van der Waals surface area contributed by atoms with Gasteiger partial charge in [0, 0.05) is 89.6 Å². The molecule has 0 aromatic heterocycles. The highest BCUT2D eigenvalue weighted by Crippen LogP contribution is 2.55. The number of nitrogens with one attached hydrogen (secondary N) is 1. The summed E-state index contributed by atoms with van der Waals surface area (Å²) >= 11 is 0. The standard InChI is InChI=1S/C34H35N3O10.C26H27NO10/c1-15-28(38)20(35)12-23(46-15)47-22-14-34(44,16(2)36-37-33(43)17-8-5-4-6-9-17)13-19-25(22)32(42)27-26(30(19)40)29(39)18-10-7-11-21(45-3)24(18)31(27)41;1-9-21(30)13(27)6-16(36-9)37-15-8-26(35,10(2)28)7-12-18(15)25(34)20-19(23(12)32)22(31)11-4-3-5-14(29)17(11)24(20)33/h4-11,15,20,22-23,28,38,40,42,44H,12-14,35H2,1-3H3,(H,37,43);3-5,9,13,15-16,21,29-30,32,34-35H,6-8,27H2,1-2H3/b36-16+;/t15-,20-,22-,23-,28+,34-;9-,13-,15-,16-,21+,26-/m00/s1. The van der Waals surface area contributed by atoms with E-state index in [4.69, 9.17) is 35.2 Å². The van der Waals surface area contributed by atoms with Gasteiger partial charge in [0.2, 0.25) is 11.6 Å². The molecule has 2 aliphatic heterocycles. The first kappa shape index (κ1) is 59.2. The molecule has 24 heteroatoms. The Morgan fingerprint density at radius 1 is 0.607 bits per heavy atom. The number of ether oxygens (including phenoxy) is 5. The van der Waals surface area contributed by atoms with Crippen LogP contribution in [0.4, 0.5) is 0 Å². The van der Waals surface area contributed by atoms with Gasteiger partial charge >= 0.3 is 0 Å². The second kappa shape index (κ2) is 22.2. The lowest BCUT2D eigenvalue weighted by Gasteiger charge is -2.42. The topological polar surface area (TPSA) is 407 Å². The highest BCUT2D eigenvalue weighted by Gasteiger charge is 2.52. The quantitative estimate of drug-likeness (QED) is 0.0561. The van der Waals surface area contributed by atoms with Crippen molar-refractivity contribution >= 4 is 40.5 Å². The number of rotatable bonds is 9. The summed E-state index contributed by atoms with van der Waals surface area (Å²) in [5.74, 6) is -7.21. The normalized spacial score (nSPS) is 28.7. The highest BCUT2D eigenvalue weighted by molar-refractivity contribution is 6.32. The van der Waals surface area contributed by atoms with Crippen LogP contribution in [0.3, 0.4) is 0 Å². The van der Waals surface area contributed by atoms with Crippen LogP contribution < -0.4 is 21.6 Å². The van der Waals surface area contributed by atoms with Gasteiger partial charge in [0.15, 0.2) is 29.9 Å². The zero-order valence-corrected chi connectivity index (χ0v) is 46.0. The van der Waals surface area contributed by atoms with Crippen molar-refractivity contribution < 1.29 is 98.4 Å². The zero-order valence-electron chi connectivity index (χ0n) is 46.0. The van der Waals surface area contributed by atoms with E-state index < -0.39 is 165 Å². The van der Waals surface area contributed by atoms with Gasteiger partial charge in [-0.05, 0) is 52.0 Å². The number of Topliss-reactive ketones (excluding diaryl/α,β-unsaturated/α-hetero) is 1. The number of phenols is 5. The van der Waals surface area contributed by atoms with Gasteiger partial charge < -0.3 is 81.1 Å². The predicted octanol–water partition coefficient (Wildman–Crippen LogP) is 2.97. The number of ketones is 5. The maximum absolute atomic E-state index is 13.9. The van der Waals surface area contributed by atoms with Crippen molar-refractivity contribution in [2.24, 2.45) is 16.6 Å². The van der Waals surface area contributed by atoms with Crippen molar-refractivity contribution in [2.75, 3.05) is 7.11 Å². The Balaban J connectivity index is 0.000000193. The third-order valence-electron chi connectivity index (χ3n) is 16.8. The number of aromatic hydroxyl groups is 5. The van der Waals surface area contributed by atoms with Gasteiger partial charge in [0.1, 0.15) is 45.7 Å². The molecular weight excluding hydrogens is 1100 g/mol. The largest absolute Gasteiger partial charge is 0.507 e. The van der Waals surface area contributed by atoms with Gasteiger partial charge in [-0.2, -0.15) is 5.10 Å². The molecule has 5 aromatic rings. The van der Waals surface area contributed by atoms with Crippen molar-refractivity contribution in [3.63, 3.8) is 0 Å². The lowest BCUT2D eigenvalue weighted by molar-refractivity contribution is -0.247. The first-order valence-corrected chi connectivity index (χ1v) is 27.0. The molecule has 84 heavy (non-hydrogen) atoms. The number of aliphatic hydroxyl groups excluding tert-OH is 2. The van der Waals surface area contributed by atoms with E-state index in [-0.39, 0.29) is 88.1 Å². The third kappa shape index (κ3) is 9.95. The van der Waals surface area contributed by atoms with Gasteiger partial charge in [-0.25, -0.2) is 5.43 Å². The summed E-state index contributed by atoms with van der Waals surface area (Å²) in [5.41, 5.74) is 8.34. The second-order valence-electron chi connectivity index (χ2n) is 22.0. The molecule has 442 valence electrons. The van der Waals surface area contributed by atoms with Crippen LogP contribution in [-0.4, -0.2) is 154 Å². The van der Waals surface area contributed by atoms with E-state index in [1.807, 2.05) is 0 Å². The van der Waals surface area contributed by atoms with Gasteiger partial charge in [-0.3, -0.25) is 28.8 Å². The van der Waals surface area contributed by atoms with E-state index in [1.54, 1.807) is 44.2 Å². The number of nitrogens with two attached hydrogens (primary N) is 2. The summed E-state index contributed by atoms with van der Waals surface area (Å²) < 4.78 is 29.2. The number of nitrogens with zero attached hydrogens (tertiary/aromatic N) is 1. The summed E-state index contributed by atoms with van der Waals surface area (Å²) in [5, 5.41) is 104. The van der Waals surface area contributed by atoms with Crippen molar-refractivity contribution in [1.29, 1.82) is 0 Å². The second-order valence-corrected chi connectivity index (χ2v) is 22.0. The van der Waals surface area contributed by atoms with Crippen molar-refractivity contribution in [2.45, 2.75) is 139 Å². The number of hydrogen-bond donors (Lipinski definition) is 12. The summed E-state index contributed by atoms with van der Waals surface area (Å²) in [6, 6.07) is 15.3. The zero-order chi connectivity index (χ0) is 60.8. The van der Waals surface area contributed by atoms with Crippen LogP contribution in [0.2, 0.25) is 0 Å². The molecule has 6 aliphatic rings. The minimum atomic E-state index is -2.02. The Hall–Kier alpha value is -8.01. The van der Waals surface area contributed by atoms with E-state index >= 15 is 0 Å². The molecule has 24 nitrogen and oxygen atoms in total. The molecule has 14 N–H and O–H groups in total. The number of carbonyl (C=O) groups is 6. The predicted molar refractivity (Wildman–Crippen MR) is 292 cm³/mol. The fraction of sp³-hybridized carbons (Fsp3) is 0.383. The molecule has 11 rings (SSSR count). The molecular formula is C60H62N4O20. The summed E-state index contributed by atoms with van der Waals surface area (Å²) in [6.45, 7) is 5.85. The van der Waals surface area contributed by atoms with E-state index in [0.29, 0.717) is 5.56 Å². The molecule has 5 aromatic carbocycles. The molecule has 2 saturated heterocycles. The van der Waals surface area contributed by atoms with Crippen LogP contribution in [-0.2, 0) is 36.6 Å². The van der Waals surface area contributed by atoms with Crippen LogP contribution in [0.25, 0.3) is 0 Å².